The average molecular weight is 426 g/mol. The molecule has 2 nitrogen and oxygen atoms in total. The summed E-state index contributed by atoms with van der Waals surface area (Å²) in [6.45, 7) is 3.88. The van der Waals surface area contributed by atoms with E-state index in [1.807, 2.05) is 84.9 Å². The molecule has 3 aromatic carbocycles. The predicted octanol–water partition coefficient (Wildman–Crippen LogP) is 5.59. The number of nitrogens with one attached hydrogen (secondary N) is 1. The van der Waals surface area contributed by atoms with Crippen molar-refractivity contribution in [3.05, 3.63) is 108 Å². The van der Waals surface area contributed by atoms with Crippen LogP contribution < -0.4 is 15.7 Å². The molecule has 3 aromatic rings. The summed E-state index contributed by atoms with van der Waals surface area (Å²) in [4.78, 5) is 0. The third-order valence-electron chi connectivity index (χ3n) is 4.23. The topological polar surface area (TPSA) is 29.1 Å². The molecule has 0 saturated carbocycles. The second kappa shape index (κ2) is 8.64. The van der Waals surface area contributed by atoms with Crippen LogP contribution in [0.5, 0.6) is 0 Å². The van der Waals surface area contributed by atoms with E-state index in [0.29, 0.717) is 6.42 Å². The molecule has 0 bridgehead atoms. The number of hydrogen-bond donors (Lipinski definition) is 1. The minimum atomic E-state index is -3.00. The van der Waals surface area contributed by atoms with E-state index >= 15 is 0 Å². The maximum atomic E-state index is 14.2. The van der Waals surface area contributed by atoms with Gasteiger partial charge in [0.1, 0.15) is 0 Å². The Hall–Kier alpha value is -1.93. The summed E-state index contributed by atoms with van der Waals surface area (Å²) >= 11 is 3.53. The number of hydrogen-bond acceptors (Lipinski definition) is 1. The third-order valence-corrected chi connectivity index (χ3v) is 7.45. The van der Waals surface area contributed by atoms with E-state index in [1.54, 1.807) is 0 Å². The van der Waals surface area contributed by atoms with Gasteiger partial charge in [-0.2, -0.15) is 0 Å². The van der Waals surface area contributed by atoms with Gasteiger partial charge in [-0.3, -0.25) is 9.65 Å². The van der Waals surface area contributed by atoms with Gasteiger partial charge in [-0.25, -0.2) is 0 Å². The molecule has 0 aliphatic heterocycles. The van der Waals surface area contributed by atoms with E-state index in [2.05, 4.69) is 33.7 Å². The summed E-state index contributed by atoms with van der Waals surface area (Å²) in [5, 5.41) is 5.07. The maximum Gasteiger partial charge on any atom is 0.205 e. The van der Waals surface area contributed by atoms with Gasteiger partial charge >= 0.3 is 0 Å². The second-order valence-corrected chi connectivity index (χ2v) is 9.47. The summed E-state index contributed by atoms with van der Waals surface area (Å²) < 4.78 is 15.2. The zero-order chi connectivity index (χ0) is 18.4. The molecular weight excluding hydrogens is 405 g/mol. The first-order valence-electron chi connectivity index (χ1n) is 8.49. The van der Waals surface area contributed by atoms with Crippen LogP contribution in [0, 0.1) is 0 Å². The van der Waals surface area contributed by atoms with Crippen LogP contribution in [-0.4, -0.2) is 0 Å². The lowest BCUT2D eigenvalue weighted by atomic mass is 10.1. The van der Waals surface area contributed by atoms with Crippen molar-refractivity contribution in [3.63, 3.8) is 0 Å². The van der Waals surface area contributed by atoms with Crippen molar-refractivity contribution in [1.29, 1.82) is 0 Å². The Morgan fingerprint density at radius 2 is 1.50 bits per heavy atom. The van der Waals surface area contributed by atoms with E-state index in [1.165, 1.54) is 0 Å². The van der Waals surface area contributed by atoms with Gasteiger partial charge in [0.05, 0.1) is 0 Å². The fourth-order valence-electron chi connectivity index (χ4n) is 2.95. The van der Waals surface area contributed by atoms with Gasteiger partial charge in [0.15, 0.2) is 0 Å². The minimum Gasteiger partial charge on any atom is -0.297 e. The number of halogens is 1. The van der Waals surface area contributed by atoms with Gasteiger partial charge < -0.3 is 0 Å². The standard InChI is InChI=1S/C22H21BrNOP/c1-2-10-22(18-11-9-12-19(23)17-18)24-26(25,20-13-5-3-6-14-20)21-15-7-4-8-16-21/h2-9,11-17,22H,1,10H2,(H,24,25)/t22-/m1/s1. The highest BCUT2D eigenvalue weighted by Gasteiger charge is 2.30. The SMILES string of the molecule is C=CC[C@@H](NP(=O)(c1ccccc1)c1ccccc1)c1cccc(Br)c1. The minimum absolute atomic E-state index is 0.101. The van der Waals surface area contributed by atoms with Crippen LogP contribution in [0.15, 0.2) is 102 Å². The largest absolute Gasteiger partial charge is 0.297 e. The van der Waals surface area contributed by atoms with Crippen molar-refractivity contribution in [2.45, 2.75) is 12.5 Å². The molecule has 26 heavy (non-hydrogen) atoms. The van der Waals surface area contributed by atoms with Crippen LogP contribution >= 0.6 is 23.2 Å². The van der Waals surface area contributed by atoms with Gasteiger partial charge in [0, 0.05) is 21.1 Å². The van der Waals surface area contributed by atoms with Crippen molar-refractivity contribution in [1.82, 2.24) is 5.09 Å². The Labute approximate surface area is 163 Å². The molecule has 1 atom stereocenters. The maximum absolute atomic E-state index is 14.2. The van der Waals surface area contributed by atoms with Crippen LogP contribution in [0.1, 0.15) is 18.0 Å². The molecule has 0 spiro atoms. The van der Waals surface area contributed by atoms with E-state index < -0.39 is 7.29 Å². The summed E-state index contributed by atoms with van der Waals surface area (Å²) in [6.07, 6.45) is 2.54. The Kier molecular flexibility index (Phi) is 6.26. The van der Waals surface area contributed by atoms with Gasteiger partial charge in [-0.15, -0.1) is 6.58 Å². The second-order valence-electron chi connectivity index (χ2n) is 6.04. The van der Waals surface area contributed by atoms with Crippen LogP contribution in [0.2, 0.25) is 0 Å². The van der Waals surface area contributed by atoms with Crippen LogP contribution in [-0.2, 0) is 4.57 Å². The lowest BCUT2D eigenvalue weighted by molar-refractivity contribution is 0.561. The van der Waals surface area contributed by atoms with Gasteiger partial charge in [0.2, 0.25) is 7.29 Å². The van der Waals surface area contributed by atoms with Gasteiger partial charge in [-0.05, 0) is 48.4 Å². The highest BCUT2D eigenvalue weighted by molar-refractivity contribution is 9.10. The molecular formula is C22H21BrNOP. The fourth-order valence-corrected chi connectivity index (χ4v) is 5.84. The molecule has 132 valence electrons. The predicted molar refractivity (Wildman–Crippen MR) is 115 cm³/mol. The molecule has 0 aliphatic carbocycles. The van der Waals surface area contributed by atoms with E-state index in [9.17, 15) is 4.57 Å². The Balaban J connectivity index is 2.07. The van der Waals surface area contributed by atoms with Crippen molar-refractivity contribution >= 4 is 33.8 Å². The molecule has 3 rings (SSSR count). The first-order valence-corrected chi connectivity index (χ1v) is 11.0. The highest BCUT2D eigenvalue weighted by Crippen LogP contribution is 2.42. The fraction of sp³-hybridized carbons (Fsp3) is 0.0909. The summed E-state index contributed by atoms with van der Waals surface area (Å²) in [6, 6.07) is 27.3. The number of benzene rings is 3. The van der Waals surface area contributed by atoms with Crippen LogP contribution in [0.4, 0.5) is 0 Å². The molecule has 0 aliphatic rings. The lowest BCUT2D eigenvalue weighted by Crippen LogP contribution is -2.30. The van der Waals surface area contributed by atoms with Gasteiger partial charge in [-0.1, -0.05) is 70.5 Å². The van der Waals surface area contributed by atoms with Crippen molar-refractivity contribution in [3.8, 4) is 0 Å². The number of rotatable bonds is 7. The smallest absolute Gasteiger partial charge is 0.205 e. The quantitative estimate of drug-likeness (QED) is 0.395. The van der Waals surface area contributed by atoms with E-state index in [0.717, 1.165) is 20.6 Å². The molecule has 4 heteroatoms. The normalized spacial score (nSPS) is 12.5. The van der Waals surface area contributed by atoms with E-state index in [4.69, 9.17) is 0 Å². The molecule has 0 radical (unpaired) electrons. The van der Waals surface area contributed by atoms with Crippen LogP contribution in [0.3, 0.4) is 0 Å². The van der Waals surface area contributed by atoms with Crippen molar-refractivity contribution in [2.24, 2.45) is 0 Å². The molecule has 0 fully saturated rings. The lowest BCUT2D eigenvalue weighted by Gasteiger charge is -2.27. The molecule has 0 heterocycles. The summed E-state index contributed by atoms with van der Waals surface area (Å²) in [5.74, 6) is 0. The summed E-state index contributed by atoms with van der Waals surface area (Å²) in [7, 11) is -3.00. The Morgan fingerprint density at radius 1 is 0.923 bits per heavy atom. The molecule has 0 amide bonds. The highest BCUT2D eigenvalue weighted by atomic mass is 79.9. The first kappa shape index (κ1) is 18.8. The van der Waals surface area contributed by atoms with Crippen molar-refractivity contribution < 1.29 is 4.57 Å². The molecule has 1 N–H and O–H groups in total. The van der Waals surface area contributed by atoms with Crippen molar-refractivity contribution in [2.75, 3.05) is 0 Å². The monoisotopic (exact) mass is 425 g/mol. The zero-order valence-electron chi connectivity index (χ0n) is 14.4. The third kappa shape index (κ3) is 4.24. The molecule has 0 saturated heterocycles. The molecule has 0 aromatic heterocycles. The summed E-state index contributed by atoms with van der Waals surface area (Å²) in [5.41, 5.74) is 1.08. The Morgan fingerprint density at radius 3 is 2.00 bits per heavy atom. The first-order chi connectivity index (χ1) is 12.6. The Bertz CT molecular complexity index is 868. The van der Waals surface area contributed by atoms with Gasteiger partial charge in [0.25, 0.3) is 0 Å². The van der Waals surface area contributed by atoms with E-state index in [-0.39, 0.29) is 6.04 Å². The average Bonchev–Trinajstić information content (AvgIpc) is 2.69. The molecule has 0 unspecified atom stereocenters. The van der Waals surface area contributed by atoms with Crippen LogP contribution in [0.25, 0.3) is 0 Å². The zero-order valence-corrected chi connectivity index (χ0v) is 16.9.